The van der Waals surface area contributed by atoms with E-state index in [1.165, 1.54) is 5.57 Å². The van der Waals surface area contributed by atoms with E-state index in [0.29, 0.717) is 0 Å². The van der Waals surface area contributed by atoms with Crippen molar-refractivity contribution in [2.75, 3.05) is 0 Å². The largest absolute Gasteiger partial charge is 0.158 e. The lowest BCUT2D eigenvalue weighted by molar-refractivity contribution is 0.871. The molecule has 0 aliphatic heterocycles. The first-order chi connectivity index (χ1) is 6.10. The number of halogens is 2. The van der Waals surface area contributed by atoms with Gasteiger partial charge in [-0.2, -0.15) is 0 Å². The van der Waals surface area contributed by atoms with E-state index in [9.17, 15) is 0 Å². The molecule has 0 atom stereocenters. The van der Waals surface area contributed by atoms with E-state index in [1.807, 2.05) is 6.08 Å². The van der Waals surface area contributed by atoms with Gasteiger partial charge < -0.3 is 0 Å². The summed E-state index contributed by atoms with van der Waals surface area (Å²) in [7, 11) is 0. The van der Waals surface area contributed by atoms with Gasteiger partial charge in [0, 0.05) is 0 Å². The van der Waals surface area contributed by atoms with Crippen LogP contribution in [0.3, 0.4) is 0 Å². The normalized spacial score (nSPS) is 20.0. The molecule has 0 aromatic heterocycles. The lowest BCUT2D eigenvalue weighted by Crippen LogP contribution is -2.08. The second-order valence-electron chi connectivity index (χ2n) is 3.51. The molecule has 1 rings (SSSR count). The van der Waals surface area contributed by atoms with Crippen molar-refractivity contribution in [3.63, 3.8) is 0 Å². The Hall–Kier alpha value is 0.0600. The van der Waals surface area contributed by atoms with Gasteiger partial charge in [-0.05, 0) is 30.1 Å². The van der Waals surface area contributed by atoms with Gasteiger partial charge in [0.2, 0.25) is 0 Å². The van der Waals surface area contributed by atoms with Crippen LogP contribution in [0.5, 0.6) is 0 Å². The van der Waals surface area contributed by atoms with Crippen LogP contribution in [0.4, 0.5) is 0 Å². The SMILES string of the molecule is CCCC1=CC(Cl)(Cl)C(CCC)=C1. The van der Waals surface area contributed by atoms with Crippen molar-refractivity contribution in [1.29, 1.82) is 0 Å². The second-order valence-corrected chi connectivity index (χ2v) is 4.90. The van der Waals surface area contributed by atoms with Crippen LogP contribution in [0, 0.1) is 0 Å². The topological polar surface area (TPSA) is 0 Å². The summed E-state index contributed by atoms with van der Waals surface area (Å²) in [6, 6.07) is 0. The van der Waals surface area contributed by atoms with E-state index in [1.54, 1.807) is 0 Å². The zero-order valence-corrected chi connectivity index (χ0v) is 9.75. The summed E-state index contributed by atoms with van der Waals surface area (Å²) in [6.45, 7) is 4.30. The zero-order chi connectivity index (χ0) is 9.90. The van der Waals surface area contributed by atoms with Crippen LogP contribution >= 0.6 is 23.2 Å². The van der Waals surface area contributed by atoms with Crippen molar-refractivity contribution < 1.29 is 0 Å². The molecule has 0 N–H and O–H groups in total. The van der Waals surface area contributed by atoms with Crippen molar-refractivity contribution in [2.24, 2.45) is 0 Å². The van der Waals surface area contributed by atoms with Crippen LogP contribution < -0.4 is 0 Å². The Labute approximate surface area is 90.6 Å². The van der Waals surface area contributed by atoms with Crippen molar-refractivity contribution in [3.05, 3.63) is 23.3 Å². The summed E-state index contributed by atoms with van der Waals surface area (Å²) in [6.07, 6.45) is 8.45. The molecule has 1 aliphatic carbocycles. The van der Waals surface area contributed by atoms with Gasteiger partial charge >= 0.3 is 0 Å². The van der Waals surface area contributed by atoms with Gasteiger partial charge in [0.15, 0.2) is 4.33 Å². The molecule has 0 heterocycles. The summed E-state index contributed by atoms with van der Waals surface area (Å²) >= 11 is 12.3. The molecular weight excluding hydrogens is 203 g/mol. The highest BCUT2D eigenvalue weighted by Gasteiger charge is 2.30. The highest BCUT2D eigenvalue weighted by molar-refractivity contribution is 6.52. The van der Waals surface area contributed by atoms with Crippen molar-refractivity contribution in [2.45, 2.75) is 43.9 Å². The van der Waals surface area contributed by atoms with Crippen molar-refractivity contribution in [1.82, 2.24) is 0 Å². The summed E-state index contributed by atoms with van der Waals surface area (Å²) in [5.41, 5.74) is 2.44. The van der Waals surface area contributed by atoms with Gasteiger partial charge in [-0.3, -0.25) is 0 Å². The van der Waals surface area contributed by atoms with E-state index < -0.39 is 4.33 Å². The molecule has 13 heavy (non-hydrogen) atoms. The van der Waals surface area contributed by atoms with Crippen LogP contribution in [-0.2, 0) is 0 Å². The smallest absolute Gasteiger partial charge is 0.0919 e. The maximum atomic E-state index is 6.16. The van der Waals surface area contributed by atoms with Gasteiger partial charge in [-0.15, -0.1) is 0 Å². The average molecular weight is 219 g/mol. The van der Waals surface area contributed by atoms with E-state index in [0.717, 1.165) is 31.3 Å². The maximum absolute atomic E-state index is 6.16. The Balaban J connectivity index is 2.72. The van der Waals surface area contributed by atoms with Crippen molar-refractivity contribution in [3.8, 4) is 0 Å². The van der Waals surface area contributed by atoms with Crippen LogP contribution in [0.2, 0.25) is 0 Å². The summed E-state index contributed by atoms with van der Waals surface area (Å²) in [4.78, 5) is 0. The lowest BCUT2D eigenvalue weighted by Gasteiger charge is -2.14. The Kier molecular flexibility index (Phi) is 3.87. The second kappa shape index (κ2) is 4.52. The molecule has 2 heteroatoms. The molecule has 0 bridgehead atoms. The predicted octanol–water partition coefficient (Wildman–Crippen LogP) is 4.63. The van der Waals surface area contributed by atoms with E-state index in [-0.39, 0.29) is 0 Å². The highest BCUT2D eigenvalue weighted by atomic mass is 35.5. The summed E-state index contributed by atoms with van der Waals surface area (Å²) < 4.78 is -0.722. The minimum absolute atomic E-state index is 0.722. The standard InChI is InChI=1S/C11H16Cl2/c1-3-5-9-7-10(6-4-2)11(12,13)8-9/h7-8H,3-6H2,1-2H3. The fourth-order valence-corrected chi connectivity index (χ4v) is 2.21. The lowest BCUT2D eigenvalue weighted by atomic mass is 10.1. The molecule has 0 aromatic carbocycles. The Morgan fingerprint density at radius 1 is 1.15 bits per heavy atom. The molecule has 0 saturated carbocycles. The molecule has 0 fully saturated rings. The van der Waals surface area contributed by atoms with Gasteiger partial charge in [0.05, 0.1) is 0 Å². The van der Waals surface area contributed by atoms with E-state index in [4.69, 9.17) is 23.2 Å². The summed E-state index contributed by atoms with van der Waals surface area (Å²) in [5.74, 6) is 0. The number of allylic oxidation sites excluding steroid dienone is 4. The fraction of sp³-hybridized carbons (Fsp3) is 0.636. The van der Waals surface area contributed by atoms with Crippen LogP contribution in [0.25, 0.3) is 0 Å². The Bertz CT molecular complexity index is 236. The first-order valence-corrected chi connectivity index (χ1v) is 5.66. The molecule has 0 aromatic rings. The molecule has 0 radical (unpaired) electrons. The predicted molar refractivity (Wildman–Crippen MR) is 60.4 cm³/mol. The average Bonchev–Trinajstić information content (AvgIpc) is 2.28. The minimum atomic E-state index is -0.722. The molecule has 0 unspecified atom stereocenters. The van der Waals surface area contributed by atoms with E-state index in [2.05, 4.69) is 19.9 Å². The third-order valence-electron chi connectivity index (χ3n) is 2.21. The molecule has 0 spiro atoms. The highest BCUT2D eigenvalue weighted by Crippen LogP contribution is 2.41. The quantitative estimate of drug-likeness (QED) is 0.605. The first kappa shape index (κ1) is 11.1. The molecule has 0 amide bonds. The third-order valence-corrected chi connectivity index (χ3v) is 2.92. The number of hydrogen-bond donors (Lipinski definition) is 0. The molecule has 74 valence electrons. The van der Waals surface area contributed by atoms with Gasteiger partial charge in [-0.25, -0.2) is 0 Å². The van der Waals surface area contributed by atoms with Crippen LogP contribution in [0.1, 0.15) is 39.5 Å². The van der Waals surface area contributed by atoms with Crippen LogP contribution in [-0.4, -0.2) is 4.33 Å². The Morgan fingerprint density at radius 2 is 1.77 bits per heavy atom. The minimum Gasteiger partial charge on any atom is -0.0919 e. The monoisotopic (exact) mass is 218 g/mol. The maximum Gasteiger partial charge on any atom is 0.158 e. The third kappa shape index (κ3) is 2.75. The molecule has 0 saturated heterocycles. The molecule has 0 nitrogen and oxygen atoms in total. The van der Waals surface area contributed by atoms with E-state index >= 15 is 0 Å². The summed E-state index contributed by atoms with van der Waals surface area (Å²) in [5, 5.41) is 0. The molecule has 1 aliphatic rings. The van der Waals surface area contributed by atoms with Gasteiger partial charge in [-0.1, -0.05) is 56.0 Å². The Morgan fingerprint density at radius 3 is 2.31 bits per heavy atom. The van der Waals surface area contributed by atoms with Crippen LogP contribution in [0.15, 0.2) is 23.3 Å². The fourth-order valence-electron chi connectivity index (χ4n) is 1.63. The first-order valence-electron chi connectivity index (χ1n) is 4.90. The van der Waals surface area contributed by atoms with Gasteiger partial charge in [0.25, 0.3) is 0 Å². The number of rotatable bonds is 4. The van der Waals surface area contributed by atoms with Gasteiger partial charge in [0.1, 0.15) is 0 Å². The number of hydrogen-bond acceptors (Lipinski definition) is 0. The van der Waals surface area contributed by atoms with Crippen molar-refractivity contribution >= 4 is 23.2 Å². The molecular formula is C11H16Cl2. The zero-order valence-electron chi connectivity index (χ0n) is 8.24. The number of alkyl halides is 2.